The van der Waals surface area contributed by atoms with Crippen molar-refractivity contribution in [3.63, 3.8) is 0 Å². The first kappa shape index (κ1) is 13.1. The SMILES string of the molecule is Cc1cccc(C)c1CC(=O)C=C1CCCCC1. The minimum Gasteiger partial charge on any atom is -0.294 e. The molecule has 0 unspecified atom stereocenters. The van der Waals surface area contributed by atoms with Gasteiger partial charge in [0.1, 0.15) is 0 Å². The maximum absolute atomic E-state index is 12.1. The molecule has 0 N–H and O–H groups in total. The Morgan fingerprint density at radius 1 is 1.11 bits per heavy atom. The van der Waals surface area contributed by atoms with Gasteiger partial charge in [-0.3, -0.25) is 4.79 Å². The highest BCUT2D eigenvalue weighted by Crippen LogP contribution is 2.23. The summed E-state index contributed by atoms with van der Waals surface area (Å²) in [6.07, 6.45) is 8.54. The molecule has 0 radical (unpaired) electrons. The highest BCUT2D eigenvalue weighted by Gasteiger charge is 2.10. The number of hydrogen-bond donors (Lipinski definition) is 0. The summed E-state index contributed by atoms with van der Waals surface area (Å²) >= 11 is 0. The van der Waals surface area contributed by atoms with Crippen LogP contribution >= 0.6 is 0 Å². The van der Waals surface area contributed by atoms with Crippen LogP contribution in [0.5, 0.6) is 0 Å². The van der Waals surface area contributed by atoms with Crippen molar-refractivity contribution in [3.05, 3.63) is 46.5 Å². The first-order chi connectivity index (χ1) is 8.66. The Hall–Kier alpha value is -1.37. The lowest BCUT2D eigenvalue weighted by molar-refractivity contribution is -0.114. The second kappa shape index (κ2) is 5.99. The predicted molar refractivity (Wildman–Crippen MR) is 75.8 cm³/mol. The summed E-state index contributed by atoms with van der Waals surface area (Å²) in [7, 11) is 0. The number of benzene rings is 1. The largest absolute Gasteiger partial charge is 0.294 e. The van der Waals surface area contributed by atoms with Gasteiger partial charge in [-0.25, -0.2) is 0 Å². The second-order valence-electron chi connectivity index (χ2n) is 5.38. The van der Waals surface area contributed by atoms with E-state index in [4.69, 9.17) is 0 Å². The van der Waals surface area contributed by atoms with Crippen molar-refractivity contribution in [2.75, 3.05) is 0 Å². The van der Waals surface area contributed by atoms with Crippen LogP contribution in [0.15, 0.2) is 29.8 Å². The summed E-state index contributed by atoms with van der Waals surface area (Å²) in [5.74, 6) is 0.268. The third kappa shape index (κ3) is 3.32. The molecule has 1 heteroatoms. The van der Waals surface area contributed by atoms with Crippen LogP contribution in [0.4, 0.5) is 0 Å². The lowest BCUT2D eigenvalue weighted by Gasteiger charge is -2.13. The molecule has 0 aliphatic heterocycles. The molecule has 1 aliphatic carbocycles. The van der Waals surface area contributed by atoms with E-state index in [1.807, 2.05) is 6.08 Å². The van der Waals surface area contributed by atoms with Crippen LogP contribution in [0.2, 0.25) is 0 Å². The van der Waals surface area contributed by atoms with Crippen molar-refractivity contribution in [2.45, 2.75) is 52.4 Å². The highest BCUT2D eigenvalue weighted by molar-refractivity contribution is 5.92. The number of carbonyl (C=O) groups is 1. The van der Waals surface area contributed by atoms with Crippen LogP contribution in [0.25, 0.3) is 0 Å². The van der Waals surface area contributed by atoms with E-state index in [9.17, 15) is 4.79 Å². The summed E-state index contributed by atoms with van der Waals surface area (Å²) in [4.78, 5) is 12.1. The van der Waals surface area contributed by atoms with Gasteiger partial charge in [0, 0.05) is 6.42 Å². The van der Waals surface area contributed by atoms with Crippen molar-refractivity contribution < 1.29 is 4.79 Å². The number of allylic oxidation sites excluding steroid dienone is 2. The van der Waals surface area contributed by atoms with E-state index in [0.29, 0.717) is 6.42 Å². The van der Waals surface area contributed by atoms with E-state index < -0.39 is 0 Å². The molecule has 0 spiro atoms. The molecule has 1 aromatic rings. The third-order valence-electron chi connectivity index (χ3n) is 3.86. The van der Waals surface area contributed by atoms with Crippen LogP contribution in [-0.2, 0) is 11.2 Å². The topological polar surface area (TPSA) is 17.1 Å². The molecular weight excluding hydrogens is 220 g/mol. The summed E-state index contributed by atoms with van der Waals surface area (Å²) in [5.41, 5.74) is 5.02. The van der Waals surface area contributed by atoms with E-state index in [2.05, 4.69) is 32.0 Å². The molecule has 1 aromatic carbocycles. The quantitative estimate of drug-likeness (QED) is 0.722. The van der Waals surface area contributed by atoms with Crippen molar-refractivity contribution >= 4 is 5.78 Å². The van der Waals surface area contributed by atoms with Gasteiger partial charge in [0.05, 0.1) is 0 Å². The maximum Gasteiger partial charge on any atom is 0.160 e. The van der Waals surface area contributed by atoms with Gasteiger partial charge in [0.15, 0.2) is 5.78 Å². The number of aryl methyl sites for hydroxylation is 2. The Kier molecular flexibility index (Phi) is 4.35. The Bertz CT molecular complexity index is 440. The fourth-order valence-corrected chi connectivity index (χ4v) is 2.73. The monoisotopic (exact) mass is 242 g/mol. The number of carbonyl (C=O) groups excluding carboxylic acids is 1. The Labute approximate surface area is 110 Å². The smallest absolute Gasteiger partial charge is 0.160 e. The Morgan fingerprint density at radius 3 is 2.33 bits per heavy atom. The molecule has 0 bridgehead atoms. The van der Waals surface area contributed by atoms with Gasteiger partial charge in [0.2, 0.25) is 0 Å². The zero-order valence-electron chi connectivity index (χ0n) is 11.5. The average Bonchev–Trinajstić information content (AvgIpc) is 2.35. The van der Waals surface area contributed by atoms with E-state index in [0.717, 1.165) is 12.8 Å². The molecule has 0 heterocycles. The normalized spacial score (nSPS) is 15.6. The molecule has 2 rings (SSSR count). The van der Waals surface area contributed by atoms with Gasteiger partial charge < -0.3 is 0 Å². The third-order valence-corrected chi connectivity index (χ3v) is 3.86. The second-order valence-corrected chi connectivity index (χ2v) is 5.38. The van der Waals surface area contributed by atoms with Crippen LogP contribution in [-0.4, -0.2) is 5.78 Å². The van der Waals surface area contributed by atoms with Gasteiger partial charge >= 0.3 is 0 Å². The molecule has 0 amide bonds. The molecule has 1 saturated carbocycles. The number of hydrogen-bond acceptors (Lipinski definition) is 1. The van der Waals surface area contributed by atoms with Gasteiger partial charge in [0.25, 0.3) is 0 Å². The summed E-state index contributed by atoms with van der Waals surface area (Å²) in [6, 6.07) is 6.23. The molecule has 96 valence electrons. The van der Waals surface area contributed by atoms with Crippen molar-refractivity contribution in [1.82, 2.24) is 0 Å². The number of rotatable bonds is 3. The predicted octanol–water partition coefficient (Wildman–Crippen LogP) is 4.31. The van der Waals surface area contributed by atoms with Crippen LogP contribution in [0.3, 0.4) is 0 Å². The van der Waals surface area contributed by atoms with E-state index in [1.165, 1.54) is 41.5 Å². The zero-order valence-corrected chi connectivity index (χ0v) is 11.5. The maximum atomic E-state index is 12.1. The first-order valence-corrected chi connectivity index (χ1v) is 6.94. The van der Waals surface area contributed by atoms with Crippen LogP contribution in [0.1, 0.15) is 48.8 Å². The molecule has 0 atom stereocenters. The van der Waals surface area contributed by atoms with E-state index in [-0.39, 0.29) is 5.78 Å². The van der Waals surface area contributed by atoms with E-state index >= 15 is 0 Å². The summed E-state index contributed by atoms with van der Waals surface area (Å²) < 4.78 is 0. The highest BCUT2D eigenvalue weighted by atomic mass is 16.1. The van der Waals surface area contributed by atoms with Gasteiger partial charge in [-0.05, 0) is 62.3 Å². The fourth-order valence-electron chi connectivity index (χ4n) is 2.73. The lowest BCUT2D eigenvalue weighted by atomic mass is 9.92. The Balaban J connectivity index is 2.07. The molecule has 18 heavy (non-hydrogen) atoms. The van der Waals surface area contributed by atoms with Crippen LogP contribution < -0.4 is 0 Å². The molecule has 0 saturated heterocycles. The molecular formula is C17H22O. The average molecular weight is 242 g/mol. The molecule has 0 aromatic heterocycles. The zero-order chi connectivity index (χ0) is 13.0. The lowest BCUT2D eigenvalue weighted by Crippen LogP contribution is -2.05. The molecule has 1 aliphatic rings. The first-order valence-electron chi connectivity index (χ1n) is 6.94. The molecule has 1 nitrogen and oxygen atoms in total. The standard InChI is InChI=1S/C17H22O/c1-13-7-6-8-14(2)17(13)12-16(18)11-15-9-4-3-5-10-15/h6-8,11H,3-5,9-10,12H2,1-2H3. The van der Waals surface area contributed by atoms with Gasteiger partial charge in [-0.15, -0.1) is 0 Å². The fraction of sp³-hybridized carbons (Fsp3) is 0.471. The Morgan fingerprint density at radius 2 is 1.72 bits per heavy atom. The van der Waals surface area contributed by atoms with Crippen LogP contribution in [0, 0.1) is 13.8 Å². The van der Waals surface area contributed by atoms with Gasteiger partial charge in [-0.1, -0.05) is 30.2 Å². The minimum absolute atomic E-state index is 0.268. The van der Waals surface area contributed by atoms with Crippen molar-refractivity contribution in [1.29, 1.82) is 0 Å². The van der Waals surface area contributed by atoms with Crippen molar-refractivity contribution in [2.24, 2.45) is 0 Å². The number of ketones is 1. The van der Waals surface area contributed by atoms with Gasteiger partial charge in [-0.2, -0.15) is 0 Å². The molecule has 1 fully saturated rings. The minimum atomic E-state index is 0.268. The van der Waals surface area contributed by atoms with Crippen molar-refractivity contribution in [3.8, 4) is 0 Å². The summed E-state index contributed by atoms with van der Waals surface area (Å²) in [6.45, 7) is 4.17. The van der Waals surface area contributed by atoms with E-state index in [1.54, 1.807) is 0 Å². The summed E-state index contributed by atoms with van der Waals surface area (Å²) in [5, 5.41) is 0.